The van der Waals surface area contributed by atoms with E-state index in [0.717, 1.165) is 5.56 Å². The van der Waals surface area contributed by atoms with Crippen LogP contribution in [-0.2, 0) is 4.79 Å². The van der Waals surface area contributed by atoms with Gasteiger partial charge in [0.25, 0.3) is 5.91 Å². The van der Waals surface area contributed by atoms with Crippen molar-refractivity contribution in [2.45, 2.75) is 13.0 Å². The van der Waals surface area contributed by atoms with Crippen molar-refractivity contribution in [3.63, 3.8) is 0 Å². The highest BCUT2D eigenvalue weighted by Crippen LogP contribution is 2.25. The summed E-state index contributed by atoms with van der Waals surface area (Å²) in [6.45, 7) is 1.86. The molecule has 1 aliphatic rings. The van der Waals surface area contributed by atoms with E-state index in [-0.39, 0.29) is 5.91 Å². The van der Waals surface area contributed by atoms with E-state index < -0.39 is 12.0 Å². The van der Waals surface area contributed by atoms with Crippen LogP contribution in [-0.4, -0.2) is 39.6 Å². The minimum absolute atomic E-state index is 0.170. The number of carbonyl (C=O) groups is 2. The largest absolute Gasteiger partial charge is 0.480 e. The summed E-state index contributed by atoms with van der Waals surface area (Å²) in [6.07, 6.45) is 0. The maximum Gasteiger partial charge on any atom is 0.327 e. The van der Waals surface area contributed by atoms with Gasteiger partial charge in [0, 0.05) is 11.1 Å². The number of hydrogen-bond acceptors (Lipinski definition) is 4. The van der Waals surface area contributed by atoms with E-state index in [1.807, 2.05) is 12.3 Å². The number of aliphatic carboxylic acids is 1. The number of rotatable bonds is 2. The van der Waals surface area contributed by atoms with Crippen molar-refractivity contribution in [3.05, 3.63) is 21.9 Å². The topological polar surface area (TPSA) is 57.6 Å². The molecule has 4 nitrogen and oxygen atoms in total. The van der Waals surface area contributed by atoms with Crippen molar-refractivity contribution in [1.29, 1.82) is 0 Å². The third kappa shape index (κ3) is 1.94. The Balaban J connectivity index is 2.22. The second kappa shape index (κ2) is 4.47. The van der Waals surface area contributed by atoms with Crippen LogP contribution in [0.15, 0.2) is 10.8 Å². The van der Waals surface area contributed by atoms with Gasteiger partial charge in [-0.05, 0) is 17.9 Å². The first-order valence-corrected chi connectivity index (χ1v) is 6.85. The third-order valence-corrected chi connectivity index (χ3v) is 4.39. The molecule has 2 rings (SSSR count). The van der Waals surface area contributed by atoms with Crippen molar-refractivity contribution in [2.75, 3.05) is 11.6 Å². The van der Waals surface area contributed by atoms with Gasteiger partial charge in [-0.25, -0.2) is 4.79 Å². The Kier molecular flexibility index (Phi) is 3.20. The van der Waals surface area contributed by atoms with Gasteiger partial charge >= 0.3 is 5.97 Å². The van der Waals surface area contributed by atoms with Crippen molar-refractivity contribution in [1.82, 2.24) is 4.90 Å². The predicted octanol–water partition coefficient (Wildman–Crippen LogP) is 1.66. The lowest BCUT2D eigenvalue weighted by atomic mass is 10.2. The van der Waals surface area contributed by atoms with E-state index in [4.69, 9.17) is 5.11 Å². The number of hydrogen-bond donors (Lipinski definition) is 1. The van der Waals surface area contributed by atoms with Gasteiger partial charge < -0.3 is 10.0 Å². The van der Waals surface area contributed by atoms with Crippen LogP contribution in [0.1, 0.15) is 15.9 Å². The van der Waals surface area contributed by atoms with Gasteiger partial charge in [-0.1, -0.05) is 0 Å². The van der Waals surface area contributed by atoms with E-state index >= 15 is 0 Å². The summed E-state index contributed by atoms with van der Waals surface area (Å²) >= 11 is 2.94. The van der Waals surface area contributed by atoms with Gasteiger partial charge in [0.15, 0.2) is 0 Å². The zero-order chi connectivity index (χ0) is 11.7. The van der Waals surface area contributed by atoms with Crippen LogP contribution in [0.3, 0.4) is 0 Å². The molecule has 1 saturated heterocycles. The second-order valence-electron chi connectivity index (χ2n) is 3.60. The maximum absolute atomic E-state index is 12.1. The molecule has 1 unspecified atom stereocenters. The summed E-state index contributed by atoms with van der Waals surface area (Å²) in [7, 11) is 0. The van der Waals surface area contributed by atoms with E-state index in [1.54, 1.807) is 5.38 Å². The van der Waals surface area contributed by atoms with E-state index in [0.29, 0.717) is 17.2 Å². The molecule has 1 fully saturated rings. The average molecular weight is 257 g/mol. The first-order chi connectivity index (χ1) is 7.61. The number of amides is 1. The van der Waals surface area contributed by atoms with Crippen LogP contribution in [0.25, 0.3) is 0 Å². The Hall–Kier alpha value is -1.01. The van der Waals surface area contributed by atoms with Gasteiger partial charge in [-0.15, -0.1) is 11.8 Å². The normalized spacial score (nSPS) is 20.1. The first kappa shape index (κ1) is 11.5. The smallest absolute Gasteiger partial charge is 0.327 e. The lowest BCUT2D eigenvalue weighted by molar-refractivity contribution is -0.140. The first-order valence-electron chi connectivity index (χ1n) is 4.75. The fraction of sp³-hybridized carbons (Fsp3) is 0.400. The summed E-state index contributed by atoms with van der Waals surface area (Å²) in [5.41, 5.74) is 1.54. The standard InChI is InChI=1S/C10H11NO3S2/c1-6-2-15-3-7(6)9(12)11-5-16-4-8(11)10(13)14/h2-3,8H,4-5H2,1H3,(H,13,14). The molecule has 0 aromatic carbocycles. The van der Waals surface area contributed by atoms with Gasteiger partial charge in [0.2, 0.25) is 0 Å². The number of carbonyl (C=O) groups excluding carboxylic acids is 1. The van der Waals surface area contributed by atoms with Crippen LogP contribution in [0.2, 0.25) is 0 Å². The Morgan fingerprint density at radius 2 is 2.25 bits per heavy atom. The predicted molar refractivity (Wildman–Crippen MR) is 64.0 cm³/mol. The van der Waals surface area contributed by atoms with Crippen LogP contribution in [0.5, 0.6) is 0 Å². The van der Waals surface area contributed by atoms with Gasteiger partial charge in [-0.2, -0.15) is 11.3 Å². The quantitative estimate of drug-likeness (QED) is 0.875. The summed E-state index contributed by atoms with van der Waals surface area (Å²) in [4.78, 5) is 24.5. The minimum atomic E-state index is -0.925. The minimum Gasteiger partial charge on any atom is -0.480 e. The fourth-order valence-corrected chi connectivity index (χ4v) is 3.55. The molecule has 1 N–H and O–H groups in total. The van der Waals surface area contributed by atoms with Crippen molar-refractivity contribution in [2.24, 2.45) is 0 Å². The summed E-state index contributed by atoms with van der Waals surface area (Å²) in [6, 6.07) is -0.684. The highest BCUT2D eigenvalue weighted by Gasteiger charge is 2.35. The number of aryl methyl sites for hydroxylation is 1. The SMILES string of the molecule is Cc1cscc1C(=O)N1CSCC1C(=O)O. The molecule has 1 aromatic heterocycles. The zero-order valence-electron chi connectivity index (χ0n) is 8.67. The molecule has 0 saturated carbocycles. The van der Waals surface area contributed by atoms with E-state index in [2.05, 4.69) is 0 Å². The number of nitrogens with zero attached hydrogens (tertiary/aromatic N) is 1. The number of thiophene rings is 1. The molecule has 2 heterocycles. The van der Waals surface area contributed by atoms with Crippen LogP contribution < -0.4 is 0 Å². The number of carboxylic acid groups (broad SMARTS) is 1. The molecular weight excluding hydrogens is 246 g/mol. The van der Waals surface area contributed by atoms with Crippen LogP contribution in [0, 0.1) is 6.92 Å². The molecule has 0 spiro atoms. The van der Waals surface area contributed by atoms with Crippen molar-refractivity contribution >= 4 is 35.0 Å². The molecule has 1 amide bonds. The molecule has 16 heavy (non-hydrogen) atoms. The lowest BCUT2D eigenvalue weighted by Gasteiger charge is -2.20. The Bertz CT molecular complexity index is 429. The van der Waals surface area contributed by atoms with Crippen LogP contribution in [0.4, 0.5) is 0 Å². The van der Waals surface area contributed by atoms with Gasteiger partial charge in [0.1, 0.15) is 6.04 Å². The fourth-order valence-electron chi connectivity index (χ4n) is 1.58. The molecule has 86 valence electrons. The molecule has 1 aromatic rings. The molecule has 6 heteroatoms. The van der Waals surface area contributed by atoms with E-state index in [9.17, 15) is 9.59 Å². The molecule has 0 radical (unpaired) electrons. The molecule has 1 atom stereocenters. The van der Waals surface area contributed by atoms with Crippen molar-refractivity contribution in [3.8, 4) is 0 Å². The van der Waals surface area contributed by atoms with Gasteiger partial charge in [-0.3, -0.25) is 4.79 Å². The summed E-state index contributed by atoms with van der Waals surface area (Å²) < 4.78 is 0. The number of carboxylic acids is 1. The highest BCUT2D eigenvalue weighted by molar-refractivity contribution is 7.99. The van der Waals surface area contributed by atoms with Gasteiger partial charge in [0.05, 0.1) is 11.4 Å². The van der Waals surface area contributed by atoms with Crippen molar-refractivity contribution < 1.29 is 14.7 Å². The van der Waals surface area contributed by atoms with Crippen LogP contribution >= 0.6 is 23.1 Å². The molecule has 0 aliphatic carbocycles. The summed E-state index contributed by atoms with van der Waals surface area (Å²) in [5, 5.41) is 12.7. The Morgan fingerprint density at radius 3 is 2.81 bits per heavy atom. The van der Waals surface area contributed by atoms with E-state index in [1.165, 1.54) is 28.0 Å². The Labute approximate surface area is 101 Å². The third-order valence-electron chi connectivity index (χ3n) is 2.51. The molecular formula is C10H11NO3S2. The Morgan fingerprint density at radius 1 is 1.50 bits per heavy atom. The molecule has 1 aliphatic heterocycles. The zero-order valence-corrected chi connectivity index (χ0v) is 10.3. The monoisotopic (exact) mass is 257 g/mol. The second-order valence-corrected chi connectivity index (χ2v) is 5.34. The average Bonchev–Trinajstić information content (AvgIpc) is 2.84. The lowest BCUT2D eigenvalue weighted by Crippen LogP contribution is -2.41. The maximum atomic E-state index is 12.1. The number of thioether (sulfide) groups is 1. The molecule has 0 bridgehead atoms. The highest BCUT2D eigenvalue weighted by atomic mass is 32.2. The summed E-state index contributed by atoms with van der Waals surface area (Å²) in [5.74, 6) is -0.155.